The standard InChI is InChI=1S/C15H25N/c1-5-12(3)11-15(16-4)14-10-8-7-9-13(14)6-2/h7-10,12,15-16H,5-6,11H2,1-4H3. The number of hydrogen-bond acceptors (Lipinski definition) is 1. The molecule has 0 aliphatic heterocycles. The Balaban J connectivity index is 2.85. The quantitative estimate of drug-likeness (QED) is 0.764. The average molecular weight is 219 g/mol. The highest BCUT2D eigenvalue weighted by Gasteiger charge is 2.14. The Morgan fingerprint density at radius 2 is 1.88 bits per heavy atom. The maximum atomic E-state index is 3.46. The molecule has 1 heteroatoms. The molecule has 0 heterocycles. The molecule has 90 valence electrons. The van der Waals surface area contributed by atoms with Crippen LogP contribution in [0.3, 0.4) is 0 Å². The molecule has 0 saturated carbocycles. The van der Waals surface area contributed by atoms with E-state index in [1.54, 1.807) is 0 Å². The van der Waals surface area contributed by atoms with Crippen molar-refractivity contribution in [3.8, 4) is 0 Å². The summed E-state index contributed by atoms with van der Waals surface area (Å²) in [5.74, 6) is 0.780. The first-order chi connectivity index (χ1) is 7.72. The van der Waals surface area contributed by atoms with E-state index in [-0.39, 0.29) is 0 Å². The van der Waals surface area contributed by atoms with Crippen molar-refractivity contribution in [2.24, 2.45) is 5.92 Å². The molecule has 0 bridgehead atoms. The molecule has 2 atom stereocenters. The molecule has 1 aromatic carbocycles. The number of aryl methyl sites for hydroxylation is 1. The van der Waals surface area contributed by atoms with E-state index in [1.165, 1.54) is 24.0 Å². The van der Waals surface area contributed by atoms with E-state index in [4.69, 9.17) is 0 Å². The van der Waals surface area contributed by atoms with Gasteiger partial charge < -0.3 is 5.32 Å². The fourth-order valence-corrected chi connectivity index (χ4v) is 2.17. The van der Waals surface area contributed by atoms with Crippen LogP contribution in [0.4, 0.5) is 0 Å². The van der Waals surface area contributed by atoms with Crippen LogP contribution < -0.4 is 5.32 Å². The fourth-order valence-electron chi connectivity index (χ4n) is 2.17. The molecule has 0 amide bonds. The van der Waals surface area contributed by atoms with Crippen molar-refractivity contribution >= 4 is 0 Å². The Bertz CT molecular complexity index is 306. The van der Waals surface area contributed by atoms with Gasteiger partial charge in [0, 0.05) is 6.04 Å². The molecule has 0 aromatic heterocycles. The average Bonchev–Trinajstić information content (AvgIpc) is 2.35. The molecule has 0 aliphatic carbocycles. The topological polar surface area (TPSA) is 12.0 Å². The molecule has 1 rings (SSSR count). The van der Waals surface area contributed by atoms with Crippen molar-refractivity contribution in [3.05, 3.63) is 35.4 Å². The van der Waals surface area contributed by atoms with Crippen molar-refractivity contribution in [2.75, 3.05) is 7.05 Å². The lowest BCUT2D eigenvalue weighted by molar-refractivity contribution is 0.420. The van der Waals surface area contributed by atoms with Gasteiger partial charge in [-0.2, -0.15) is 0 Å². The lowest BCUT2D eigenvalue weighted by Crippen LogP contribution is -2.20. The Morgan fingerprint density at radius 1 is 1.19 bits per heavy atom. The number of benzene rings is 1. The van der Waals surface area contributed by atoms with Crippen molar-refractivity contribution in [1.82, 2.24) is 5.32 Å². The second-order valence-corrected chi connectivity index (χ2v) is 4.64. The van der Waals surface area contributed by atoms with E-state index in [1.807, 2.05) is 0 Å². The van der Waals surface area contributed by atoms with Gasteiger partial charge in [-0.25, -0.2) is 0 Å². The van der Waals surface area contributed by atoms with Gasteiger partial charge in [0.25, 0.3) is 0 Å². The normalized spacial score (nSPS) is 14.8. The van der Waals surface area contributed by atoms with Crippen molar-refractivity contribution in [1.29, 1.82) is 0 Å². The Hall–Kier alpha value is -0.820. The second kappa shape index (κ2) is 6.70. The van der Waals surface area contributed by atoms with Crippen LogP contribution in [0, 0.1) is 5.92 Å². The summed E-state index contributed by atoms with van der Waals surface area (Å²) in [4.78, 5) is 0. The first kappa shape index (κ1) is 13.2. The summed E-state index contributed by atoms with van der Waals surface area (Å²) in [6.45, 7) is 6.83. The third kappa shape index (κ3) is 3.34. The van der Waals surface area contributed by atoms with E-state index in [2.05, 4.69) is 57.4 Å². The molecule has 1 N–H and O–H groups in total. The molecule has 0 aliphatic rings. The number of hydrogen-bond donors (Lipinski definition) is 1. The van der Waals surface area contributed by atoms with E-state index < -0.39 is 0 Å². The predicted molar refractivity (Wildman–Crippen MR) is 71.7 cm³/mol. The second-order valence-electron chi connectivity index (χ2n) is 4.64. The zero-order valence-electron chi connectivity index (χ0n) is 11.1. The van der Waals surface area contributed by atoms with Crippen molar-refractivity contribution in [2.45, 2.75) is 46.1 Å². The largest absolute Gasteiger partial charge is 0.313 e. The van der Waals surface area contributed by atoms with E-state index in [0.29, 0.717) is 6.04 Å². The summed E-state index contributed by atoms with van der Waals surface area (Å²) in [5, 5.41) is 3.46. The summed E-state index contributed by atoms with van der Waals surface area (Å²) in [6, 6.07) is 9.30. The van der Waals surface area contributed by atoms with Crippen molar-refractivity contribution < 1.29 is 0 Å². The zero-order chi connectivity index (χ0) is 12.0. The van der Waals surface area contributed by atoms with Gasteiger partial charge in [-0.1, -0.05) is 51.5 Å². The lowest BCUT2D eigenvalue weighted by atomic mass is 9.91. The zero-order valence-corrected chi connectivity index (χ0v) is 11.1. The molecule has 0 radical (unpaired) electrons. The molecule has 1 aromatic rings. The van der Waals surface area contributed by atoms with Gasteiger partial charge in [0.15, 0.2) is 0 Å². The molecule has 0 spiro atoms. The summed E-state index contributed by atoms with van der Waals surface area (Å²) < 4.78 is 0. The summed E-state index contributed by atoms with van der Waals surface area (Å²) in [6.07, 6.45) is 3.60. The minimum absolute atomic E-state index is 0.506. The Labute approximate surface area is 100 Å². The number of rotatable bonds is 6. The SMILES string of the molecule is CCc1ccccc1C(CC(C)CC)NC. The minimum atomic E-state index is 0.506. The molecule has 16 heavy (non-hydrogen) atoms. The van der Waals surface area contributed by atoms with Gasteiger partial charge in [0.05, 0.1) is 0 Å². The van der Waals surface area contributed by atoms with Crippen LogP contribution in [0.2, 0.25) is 0 Å². The minimum Gasteiger partial charge on any atom is -0.313 e. The third-order valence-corrected chi connectivity index (χ3v) is 3.49. The highest BCUT2D eigenvalue weighted by atomic mass is 14.9. The van der Waals surface area contributed by atoms with Gasteiger partial charge in [-0.05, 0) is 36.9 Å². The number of nitrogens with one attached hydrogen (secondary N) is 1. The third-order valence-electron chi connectivity index (χ3n) is 3.49. The highest BCUT2D eigenvalue weighted by molar-refractivity contribution is 5.30. The maximum absolute atomic E-state index is 3.46. The van der Waals surface area contributed by atoms with Crippen LogP contribution in [0.1, 0.15) is 50.8 Å². The van der Waals surface area contributed by atoms with Gasteiger partial charge in [0.1, 0.15) is 0 Å². The summed E-state index contributed by atoms with van der Waals surface area (Å²) in [5.41, 5.74) is 2.96. The van der Waals surface area contributed by atoms with E-state index in [0.717, 1.165) is 12.3 Å². The van der Waals surface area contributed by atoms with Crippen LogP contribution >= 0.6 is 0 Å². The predicted octanol–water partition coefficient (Wildman–Crippen LogP) is 3.95. The van der Waals surface area contributed by atoms with E-state index >= 15 is 0 Å². The van der Waals surface area contributed by atoms with Gasteiger partial charge in [0.2, 0.25) is 0 Å². The first-order valence-electron chi connectivity index (χ1n) is 6.47. The van der Waals surface area contributed by atoms with Crippen LogP contribution in [0.5, 0.6) is 0 Å². The lowest BCUT2D eigenvalue weighted by Gasteiger charge is -2.22. The van der Waals surface area contributed by atoms with Crippen molar-refractivity contribution in [3.63, 3.8) is 0 Å². The highest BCUT2D eigenvalue weighted by Crippen LogP contribution is 2.25. The molecule has 0 fully saturated rings. The molecular formula is C15H25N. The maximum Gasteiger partial charge on any atom is 0.0322 e. The Kier molecular flexibility index (Phi) is 5.54. The molecule has 2 unspecified atom stereocenters. The Morgan fingerprint density at radius 3 is 2.44 bits per heavy atom. The molecular weight excluding hydrogens is 194 g/mol. The molecule has 1 nitrogen and oxygen atoms in total. The summed E-state index contributed by atoms with van der Waals surface area (Å²) in [7, 11) is 2.07. The van der Waals surface area contributed by atoms with Crippen LogP contribution in [0.15, 0.2) is 24.3 Å². The van der Waals surface area contributed by atoms with Crippen LogP contribution in [-0.2, 0) is 6.42 Å². The summed E-state index contributed by atoms with van der Waals surface area (Å²) >= 11 is 0. The fraction of sp³-hybridized carbons (Fsp3) is 0.600. The van der Waals surface area contributed by atoms with Gasteiger partial charge >= 0.3 is 0 Å². The molecule has 0 saturated heterocycles. The smallest absolute Gasteiger partial charge is 0.0322 e. The van der Waals surface area contributed by atoms with Gasteiger partial charge in [-0.3, -0.25) is 0 Å². The van der Waals surface area contributed by atoms with E-state index in [9.17, 15) is 0 Å². The monoisotopic (exact) mass is 219 g/mol. The van der Waals surface area contributed by atoms with Gasteiger partial charge in [-0.15, -0.1) is 0 Å². The first-order valence-corrected chi connectivity index (χ1v) is 6.47. The van der Waals surface area contributed by atoms with Crippen LogP contribution in [0.25, 0.3) is 0 Å². The van der Waals surface area contributed by atoms with Crippen LogP contribution in [-0.4, -0.2) is 7.05 Å².